The Morgan fingerprint density at radius 3 is 2.86 bits per heavy atom. The zero-order chi connectivity index (χ0) is 15.7. The van der Waals surface area contributed by atoms with Gasteiger partial charge in [0.1, 0.15) is 6.04 Å². The molecule has 2 amide bonds. The quantitative estimate of drug-likeness (QED) is 0.910. The summed E-state index contributed by atoms with van der Waals surface area (Å²) < 4.78 is 1.56. The second-order valence-corrected chi connectivity index (χ2v) is 5.52. The van der Waals surface area contributed by atoms with Gasteiger partial charge in [0.25, 0.3) is 5.91 Å². The number of aryl methyl sites for hydroxylation is 1. The normalized spacial score (nSPS) is 18.2. The molecule has 1 fully saturated rings. The molecule has 2 heterocycles. The maximum Gasteiger partial charge on any atom is 0.258 e. The van der Waals surface area contributed by atoms with Crippen LogP contribution in [0.4, 0.5) is 0 Å². The van der Waals surface area contributed by atoms with E-state index < -0.39 is 6.04 Å². The number of halogens is 1. The van der Waals surface area contributed by atoms with E-state index in [1.54, 1.807) is 42.2 Å². The Morgan fingerprint density at radius 2 is 2.18 bits per heavy atom. The van der Waals surface area contributed by atoms with Gasteiger partial charge in [0.15, 0.2) is 0 Å². The maximum atomic E-state index is 12.7. The van der Waals surface area contributed by atoms with Gasteiger partial charge in [0.2, 0.25) is 5.91 Å². The van der Waals surface area contributed by atoms with Crippen molar-refractivity contribution in [2.24, 2.45) is 7.05 Å². The van der Waals surface area contributed by atoms with Gasteiger partial charge in [0.05, 0.1) is 11.8 Å². The van der Waals surface area contributed by atoms with Crippen LogP contribution in [0, 0.1) is 0 Å². The fourth-order valence-corrected chi connectivity index (χ4v) is 2.83. The lowest BCUT2D eigenvalue weighted by Gasteiger charge is -2.35. The minimum atomic E-state index is -0.727. The third kappa shape index (κ3) is 2.57. The second kappa shape index (κ2) is 5.81. The third-order valence-corrected chi connectivity index (χ3v) is 3.97. The summed E-state index contributed by atoms with van der Waals surface area (Å²) in [6, 6.07) is 6.35. The lowest BCUT2D eigenvalue weighted by Crippen LogP contribution is -2.52. The predicted octanol–water partition coefficient (Wildman–Crippen LogP) is 1.39. The highest BCUT2D eigenvalue weighted by Crippen LogP contribution is 2.30. The molecule has 0 saturated carbocycles. The first kappa shape index (κ1) is 14.6. The fourth-order valence-electron chi connectivity index (χ4n) is 2.59. The molecule has 0 aliphatic carbocycles. The predicted molar refractivity (Wildman–Crippen MR) is 81.4 cm³/mol. The fraction of sp³-hybridized carbons (Fsp3) is 0.267. The van der Waals surface area contributed by atoms with Crippen molar-refractivity contribution < 1.29 is 9.59 Å². The molecular formula is C15H15ClN4O2. The number of nitrogens with one attached hydrogen (secondary N) is 1. The van der Waals surface area contributed by atoms with E-state index in [9.17, 15) is 9.59 Å². The van der Waals surface area contributed by atoms with Gasteiger partial charge in [0, 0.05) is 36.9 Å². The zero-order valence-corrected chi connectivity index (χ0v) is 12.7. The molecule has 1 aliphatic rings. The van der Waals surface area contributed by atoms with Crippen LogP contribution < -0.4 is 5.32 Å². The summed E-state index contributed by atoms with van der Waals surface area (Å²) in [5, 5.41) is 7.26. The van der Waals surface area contributed by atoms with E-state index in [4.69, 9.17) is 11.6 Å². The number of hydrogen-bond acceptors (Lipinski definition) is 3. The Balaban J connectivity index is 1.99. The molecule has 22 heavy (non-hydrogen) atoms. The molecule has 3 rings (SSSR count). The Kier molecular flexibility index (Phi) is 3.85. The van der Waals surface area contributed by atoms with E-state index in [1.165, 1.54) is 11.1 Å². The van der Waals surface area contributed by atoms with Crippen molar-refractivity contribution >= 4 is 23.4 Å². The topological polar surface area (TPSA) is 67.2 Å². The first-order valence-electron chi connectivity index (χ1n) is 6.89. The molecule has 1 aromatic carbocycles. The Morgan fingerprint density at radius 1 is 1.41 bits per heavy atom. The van der Waals surface area contributed by atoms with Crippen molar-refractivity contribution in [1.82, 2.24) is 20.0 Å². The molecule has 7 heteroatoms. The molecule has 0 spiro atoms. The van der Waals surface area contributed by atoms with Crippen LogP contribution in [0.3, 0.4) is 0 Å². The van der Waals surface area contributed by atoms with Crippen LogP contribution in [0.15, 0.2) is 36.7 Å². The van der Waals surface area contributed by atoms with E-state index in [1.807, 2.05) is 0 Å². The summed E-state index contributed by atoms with van der Waals surface area (Å²) in [5.41, 5.74) is 1.08. The molecule has 1 atom stereocenters. The van der Waals surface area contributed by atoms with E-state index in [-0.39, 0.29) is 11.8 Å². The van der Waals surface area contributed by atoms with Crippen molar-refractivity contribution in [2.45, 2.75) is 6.04 Å². The Labute approximate surface area is 132 Å². The third-order valence-electron chi connectivity index (χ3n) is 3.62. The largest absolute Gasteiger partial charge is 0.352 e. The van der Waals surface area contributed by atoms with Gasteiger partial charge in [-0.05, 0) is 6.07 Å². The number of aromatic nitrogens is 2. The summed E-state index contributed by atoms with van der Waals surface area (Å²) in [7, 11) is 1.74. The summed E-state index contributed by atoms with van der Waals surface area (Å²) in [6.07, 6.45) is 3.14. The molecule has 0 bridgehead atoms. The molecule has 1 aromatic heterocycles. The van der Waals surface area contributed by atoms with Crippen molar-refractivity contribution in [1.29, 1.82) is 0 Å². The van der Waals surface area contributed by atoms with Gasteiger partial charge < -0.3 is 10.2 Å². The smallest absolute Gasteiger partial charge is 0.258 e. The number of nitrogens with zero attached hydrogens (tertiary/aromatic N) is 3. The van der Waals surface area contributed by atoms with E-state index in [0.29, 0.717) is 29.2 Å². The SMILES string of the molecule is Cn1cc(C(=O)N2CCNC(=O)[C@H]2c2ccccc2Cl)cn1. The Bertz CT molecular complexity index is 728. The molecule has 0 unspecified atom stereocenters. The molecule has 1 aliphatic heterocycles. The van der Waals surface area contributed by atoms with Gasteiger partial charge >= 0.3 is 0 Å². The first-order valence-corrected chi connectivity index (χ1v) is 7.27. The van der Waals surface area contributed by atoms with Crippen LogP contribution in [-0.2, 0) is 11.8 Å². The van der Waals surface area contributed by atoms with Gasteiger partial charge in [-0.3, -0.25) is 14.3 Å². The van der Waals surface area contributed by atoms with E-state index >= 15 is 0 Å². The van der Waals surface area contributed by atoms with Crippen LogP contribution in [0.1, 0.15) is 22.0 Å². The average Bonchev–Trinajstić information content (AvgIpc) is 2.94. The molecule has 2 aromatic rings. The number of rotatable bonds is 2. The van der Waals surface area contributed by atoms with Gasteiger partial charge in [-0.15, -0.1) is 0 Å². The van der Waals surface area contributed by atoms with Crippen LogP contribution >= 0.6 is 11.6 Å². The highest BCUT2D eigenvalue weighted by atomic mass is 35.5. The number of carbonyl (C=O) groups excluding carboxylic acids is 2. The van der Waals surface area contributed by atoms with Crippen molar-refractivity contribution in [3.63, 3.8) is 0 Å². The average molecular weight is 319 g/mol. The highest BCUT2D eigenvalue weighted by Gasteiger charge is 2.36. The minimum Gasteiger partial charge on any atom is -0.352 e. The molecule has 114 valence electrons. The van der Waals surface area contributed by atoms with Gasteiger partial charge in [-0.25, -0.2) is 0 Å². The minimum absolute atomic E-state index is 0.225. The molecule has 0 radical (unpaired) electrons. The first-order chi connectivity index (χ1) is 10.6. The number of carbonyl (C=O) groups is 2. The lowest BCUT2D eigenvalue weighted by atomic mass is 10.0. The molecular weight excluding hydrogens is 304 g/mol. The van der Waals surface area contributed by atoms with Crippen LogP contribution in [0.2, 0.25) is 5.02 Å². The Hall–Kier alpha value is -2.34. The maximum absolute atomic E-state index is 12.7. The molecule has 1 N–H and O–H groups in total. The summed E-state index contributed by atoms with van der Waals surface area (Å²) >= 11 is 6.21. The van der Waals surface area contributed by atoms with Crippen molar-refractivity contribution in [2.75, 3.05) is 13.1 Å². The van der Waals surface area contributed by atoms with Crippen LogP contribution in [-0.4, -0.2) is 39.6 Å². The molecule has 1 saturated heterocycles. The number of piperazine rings is 1. The van der Waals surface area contributed by atoms with Crippen molar-refractivity contribution in [3.05, 3.63) is 52.8 Å². The van der Waals surface area contributed by atoms with Crippen LogP contribution in [0.5, 0.6) is 0 Å². The second-order valence-electron chi connectivity index (χ2n) is 5.12. The monoisotopic (exact) mass is 318 g/mol. The highest BCUT2D eigenvalue weighted by molar-refractivity contribution is 6.31. The standard InChI is InChI=1S/C15H15ClN4O2/c1-19-9-10(8-18-19)15(22)20-7-6-17-14(21)13(20)11-4-2-3-5-12(11)16/h2-5,8-9,13H,6-7H2,1H3,(H,17,21)/t13-/m1/s1. The lowest BCUT2D eigenvalue weighted by molar-refractivity contribution is -0.128. The zero-order valence-electron chi connectivity index (χ0n) is 12.0. The summed E-state index contributed by atoms with van der Waals surface area (Å²) in [6.45, 7) is 0.848. The number of hydrogen-bond donors (Lipinski definition) is 1. The number of amides is 2. The van der Waals surface area contributed by atoms with Crippen molar-refractivity contribution in [3.8, 4) is 0 Å². The summed E-state index contributed by atoms with van der Waals surface area (Å²) in [4.78, 5) is 26.6. The van der Waals surface area contributed by atoms with E-state index in [0.717, 1.165) is 0 Å². The van der Waals surface area contributed by atoms with Gasteiger partial charge in [-0.2, -0.15) is 5.10 Å². The number of benzene rings is 1. The van der Waals surface area contributed by atoms with E-state index in [2.05, 4.69) is 10.4 Å². The van der Waals surface area contributed by atoms with Crippen LogP contribution in [0.25, 0.3) is 0 Å². The van der Waals surface area contributed by atoms with Gasteiger partial charge in [-0.1, -0.05) is 29.8 Å². The molecule has 6 nitrogen and oxygen atoms in total. The summed E-state index contributed by atoms with van der Waals surface area (Å²) in [5.74, 6) is -0.454.